The fraction of sp³-hybridized carbons (Fsp3) is 0.889. The first-order valence-corrected chi connectivity index (χ1v) is 12.3. The second-order valence-corrected chi connectivity index (χ2v) is 11.1. The summed E-state index contributed by atoms with van der Waals surface area (Å²) in [4.78, 5) is 11.8. The minimum absolute atomic E-state index is 0. The van der Waals surface area contributed by atoms with Crippen molar-refractivity contribution in [1.29, 1.82) is 0 Å². The lowest BCUT2D eigenvalue weighted by Crippen LogP contribution is -2.52. The first-order chi connectivity index (χ1) is 13.5. The first kappa shape index (κ1) is 22.9. The van der Waals surface area contributed by atoms with Crippen LogP contribution in [0, 0.1) is 40.4 Å². The Labute approximate surface area is 180 Å². The molecule has 4 rings (SSSR count). The molecule has 29 heavy (non-hydrogen) atoms. The van der Waals surface area contributed by atoms with Gasteiger partial charge in [0, 0.05) is 6.42 Å². The summed E-state index contributed by atoms with van der Waals surface area (Å²) in [5.74, 6) is 4.72. The topological polar surface area (TPSA) is 26.3 Å². The van der Waals surface area contributed by atoms with E-state index in [4.69, 9.17) is 4.74 Å². The summed E-state index contributed by atoms with van der Waals surface area (Å²) in [5.41, 5.74) is 1.18. The number of fused-ring (bicyclic) bond motifs is 5. The molecule has 0 aromatic carbocycles. The predicted molar refractivity (Wildman–Crippen MR) is 122 cm³/mol. The zero-order valence-corrected chi connectivity index (χ0v) is 18.4. The molecule has 0 aliphatic heterocycles. The van der Waals surface area contributed by atoms with E-state index < -0.39 is 0 Å². The molecule has 0 spiro atoms. The van der Waals surface area contributed by atoms with Crippen LogP contribution in [0.3, 0.4) is 0 Å². The van der Waals surface area contributed by atoms with Crippen molar-refractivity contribution in [2.75, 3.05) is 6.61 Å². The van der Waals surface area contributed by atoms with Gasteiger partial charge in [-0.05, 0) is 105 Å². The second-order valence-electron chi connectivity index (χ2n) is 11.1. The third-order valence-corrected chi connectivity index (χ3v) is 10.1. The molecule has 0 bridgehead atoms. The molecule has 0 radical (unpaired) electrons. The Balaban J connectivity index is 0.00000240. The smallest absolute Gasteiger partial charge is 0.306 e. The number of hydrogen-bond donors (Lipinski definition) is 0. The van der Waals surface area contributed by atoms with Crippen LogP contribution in [-0.2, 0) is 9.53 Å². The van der Waals surface area contributed by atoms with Gasteiger partial charge in [-0.2, -0.15) is 0 Å². The molecule has 0 amide bonds. The van der Waals surface area contributed by atoms with Gasteiger partial charge in [-0.1, -0.05) is 46.8 Å². The Hall–Kier alpha value is -0.790. The predicted octanol–water partition coefficient (Wildman–Crippen LogP) is 7.57. The molecule has 0 saturated heterocycles. The summed E-state index contributed by atoms with van der Waals surface area (Å²) >= 11 is 0. The standard InChI is InChI=1S/C26H42O2.CH4/c1-4-18-28-24(27)10-7-9-20-12-14-22-21-13-11-19-8-5-6-16-25(19,2)23(21)15-17-26(20,22)3;/h4,19-23H,1,5-18H2,2-3H3;1H4. The van der Waals surface area contributed by atoms with Crippen molar-refractivity contribution >= 4 is 5.97 Å². The van der Waals surface area contributed by atoms with Crippen molar-refractivity contribution in [2.24, 2.45) is 40.4 Å². The van der Waals surface area contributed by atoms with E-state index in [1.165, 1.54) is 70.6 Å². The number of esters is 1. The van der Waals surface area contributed by atoms with Crippen molar-refractivity contribution < 1.29 is 9.53 Å². The lowest BCUT2D eigenvalue weighted by Gasteiger charge is -2.60. The molecule has 7 atom stereocenters. The molecule has 0 heterocycles. The monoisotopic (exact) mass is 402 g/mol. The van der Waals surface area contributed by atoms with Crippen molar-refractivity contribution in [1.82, 2.24) is 0 Å². The van der Waals surface area contributed by atoms with E-state index in [-0.39, 0.29) is 13.4 Å². The van der Waals surface area contributed by atoms with Crippen LogP contribution < -0.4 is 0 Å². The van der Waals surface area contributed by atoms with Crippen molar-refractivity contribution in [3.8, 4) is 0 Å². The van der Waals surface area contributed by atoms with E-state index in [1.54, 1.807) is 6.08 Å². The highest BCUT2D eigenvalue weighted by Crippen LogP contribution is 2.67. The average molecular weight is 403 g/mol. The number of carbonyl (C=O) groups is 1. The Kier molecular flexibility index (Phi) is 7.22. The Morgan fingerprint density at radius 2 is 1.79 bits per heavy atom. The zero-order valence-electron chi connectivity index (χ0n) is 18.4. The van der Waals surface area contributed by atoms with Crippen LogP contribution in [0.15, 0.2) is 12.7 Å². The minimum atomic E-state index is -0.0492. The highest BCUT2D eigenvalue weighted by Gasteiger charge is 2.59. The molecule has 0 aromatic heterocycles. The third-order valence-electron chi connectivity index (χ3n) is 10.1. The largest absolute Gasteiger partial charge is 0.461 e. The van der Waals surface area contributed by atoms with E-state index >= 15 is 0 Å². The van der Waals surface area contributed by atoms with Gasteiger partial charge in [0.25, 0.3) is 0 Å². The second kappa shape index (κ2) is 9.15. The SMILES string of the molecule is C.C=CCOC(=O)CCCC1CCC2C3CCC4CCCCC4(C)C3CCC12C. The molecular formula is C27H46O2. The van der Waals surface area contributed by atoms with Gasteiger partial charge in [-0.3, -0.25) is 4.79 Å². The molecule has 166 valence electrons. The maximum atomic E-state index is 11.8. The Morgan fingerprint density at radius 1 is 1.00 bits per heavy atom. The van der Waals surface area contributed by atoms with Gasteiger partial charge in [-0.25, -0.2) is 0 Å². The lowest BCUT2D eigenvalue weighted by molar-refractivity contribution is -0.142. The molecule has 0 N–H and O–H groups in total. The molecule has 4 fully saturated rings. The van der Waals surface area contributed by atoms with Gasteiger partial charge in [-0.15, -0.1) is 0 Å². The van der Waals surface area contributed by atoms with E-state index in [2.05, 4.69) is 20.4 Å². The quantitative estimate of drug-likeness (QED) is 0.338. The highest BCUT2D eigenvalue weighted by molar-refractivity contribution is 5.69. The summed E-state index contributed by atoms with van der Waals surface area (Å²) in [6, 6.07) is 0. The van der Waals surface area contributed by atoms with Crippen LogP contribution in [0.2, 0.25) is 0 Å². The van der Waals surface area contributed by atoms with Crippen molar-refractivity contribution in [2.45, 2.75) is 105 Å². The number of hydrogen-bond acceptors (Lipinski definition) is 2. The van der Waals surface area contributed by atoms with Gasteiger partial charge in [0.15, 0.2) is 0 Å². The summed E-state index contributed by atoms with van der Waals surface area (Å²) in [6.45, 7) is 9.27. The molecule has 2 heteroatoms. The molecule has 4 aliphatic carbocycles. The molecule has 4 saturated carbocycles. The van der Waals surface area contributed by atoms with Gasteiger partial charge in [0.1, 0.15) is 6.61 Å². The normalized spacial score (nSPS) is 43.3. The fourth-order valence-electron chi connectivity index (χ4n) is 8.60. The first-order valence-electron chi connectivity index (χ1n) is 12.3. The number of rotatable bonds is 6. The molecule has 4 aliphatic rings. The van der Waals surface area contributed by atoms with Gasteiger partial charge in [0.2, 0.25) is 0 Å². The molecular weight excluding hydrogens is 356 g/mol. The third kappa shape index (κ3) is 4.07. The summed E-state index contributed by atoms with van der Waals surface area (Å²) < 4.78 is 5.16. The van der Waals surface area contributed by atoms with Crippen LogP contribution in [0.4, 0.5) is 0 Å². The average Bonchev–Trinajstić information content (AvgIpc) is 3.02. The van der Waals surface area contributed by atoms with Crippen molar-refractivity contribution in [3.63, 3.8) is 0 Å². The van der Waals surface area contributed by atoms with Crippen LogP contribution in [0.1, 0.15) is 105 Å². The summed E-state index contributed by atoms with van der Waals surface area (Å²) in [7, 11) is 0. The van der Waals surface area contributed by atoms with Crippen molar-refractivity contribution in [3.05, 3.63) is 12.7 Å². The fourth-order valence-corrected chi connectivity index (χ4v) is 8.60. The van der Waals surface area contributed by atoms with Crippen LogP contribution >= 0.6 is 0 Å². The maximum absolute atomic E-state index is 11.8. The number of carbonyl (C=O) groups excluding carboxylic acids is 1. The summed E-state index contributed by atoms with van der Waals surface area (Å²) in [5, 5.41) is 0. The molecule has 7 unspecified atom stereocenters. The van der Waals surface area contributed by atoms with E-state index in [0.29, 0.717) is 23.9 Å². The number of ether oxygens (including phenoxy) is 1. The van der Waals surface area contributed by atoms with Gasteiger partial charge < -0.3 is 4.74 Å². The van der Waals surface area contributed by atoms with Crippen LogP contribution in [0.25, 0.3) is 0 Å². The van der Waals surface area contributed by atoms with Gasteiger partial charge in [0.05, 0.1) is 0 Å². The van der Waals surface area contributed by atoms with E-state index in [9.17, 15) is 4.79 Å². The lowest BCUT2D eigenvalue weighted by atomic mass is 9.45. The van der Waals surface area contributed by atoms with Gasteiger partial charge >= 0.3 is 5.97 Å². The van der Waals surface area contributed by atoms with Crippen LogP contribution in [-0.4, -0.2) is 12.6 Å². The zero-order chi connectivity index (χ0) is 19.8. The molecule has 2 nitrogen and oxygen atoms in total. The molecule has 0 aromatic rings. The Morgan fingerprint density at radius 3 is 2.59 bits per heavy atom. The van der Waals surface area contributed by atoms with E-state index in [1.807, 2.05) is 0 Å². The van der Waals surface area contributed by atoms with E-state index in [0.717, 1.165) is 36.0 Å². The summed E-state index contributed by atoms with van der Waals surface area (Å²) in [6.07, 6.45) is 19.2. The maximum Gasteiger partial charge on any atom is 0.306 e. The highest BCUT2D eigenvalue weighted by atomic mass is 16.5. The minimum Gasteiger partial charge on any atom is -0.461 e. The Bertz CT molecular complexity index is 583. The van der Waals surface area contributed by atoms with Crippen LogP contribution in [0.5, 0.6) is 0 Å².